The van der Waals surface area contributed by atoms with Crippen LogP contribution >= 0.6 is 0 Å². The molecule has 0 radical (unpaired) electrons. The molecule has 1 spiro atoms. The van der Waals surface area contributed by atoms with Crippen molar-refractivity contribution in [1.82, 2.24) is 0 Å². The molecule has 0 aromatic heterocycles. The lowest BCUT2D eigenvalue weighted by Gasteiger charge is -2.22. The Morgan fingerprint density at radius 2 is 1.50 bits per heavy atom. The molecule has 0 amide bonds. The molecule has 1 fully saturated rings. The number of benzene rings is 2. The van der Waals surface area contributed by atoms with Gasteiger partial charge in [0.15, 0.2) is 15.4 Å². The van der Waals surface area contributed by atoms with Crippen LogP contribution in [0.1, 0.15) is 36.8 Å². The fourth-order valence-electron chi connectivity index (χ4n) is 3.82. The highest BCUT2D eigenvalue weighted by Crippen LogP contribution is 2.48. The maximum Gasteiger partial charge on any atom is 0.210 e. The Kier molecular flexibility index (Phi) is 3.99. The average Bonchev–Trinajstić information content (AvgIpc) is 3.22. The van der Waals surface area contributed by atoms with Crippen molar-refractivity contribution in [1.29, 1.82) is 0 Å². The number of carbonyl (C=O) groups excluding carboxylic acids is 1. The van der Waals surface area contributed by atoms with Gasteiger partial charge in [-0.1, -0.05) is 30.3 Å². The van der Waals surface area contributed by atoms with E-state index in [-0.39, 0.29) is 10.7 Å². The molecule has 2 aliphatic rings. The van der Waals surface area contributed by atoms with E-state index in [1.165, 1.54) is 6.26 Å². The SMILES string of the molecule is CS(=O)(=O)c1ccc(C2=C(c3ccccc3)C(=O)C3(CCCC3)O2)cc1. The third-order valence-corrected chi connectivity index (χ3v) is 6.31. The topological polar surface area (TPSA) is 60.4 Å². The van der Waals surface area contributed by atoms with Gasteiger partial charge in [-0.15, -0.1) is 0 Å². The molecule has 26 heavy (non-hydrogen) atoms. The fourth-order valence-corrected chi connectivity index (χ4v) is 4.45. The van der Waals surface area contributed by atoms with Crippen molar-refractivity contribution in [3.63, 3.8) is 0 Å². The van der Waals surface area contributed by atoms with Crippen LogP contribution in [-0.4, -0.2) is 26.1 Å². The van der Waals surface area contributed by atoms with E-state index in [9.17, 15) is 13.2 Å². The van der Waals surface area contributed by atoms with E-state index in [2.05, 4.69) is 0 Å². The molecule has 0 bridgehead atoms. The third kappa shape index (κ3) is 2.76. The van der Waals surface area contributed by atoms with Gasteiger partial charge in [0.2, 0.25) is 5.78 Å². The van der Waals surface area contributed by atoms with Crippen molar-refractivity contribution in [3.8, 4) is 0 Å². The Bertz CT molecular complexity index is 980. The van der Waals surface area contributed by atoms with Crippen LogP contribution in [0.4, 0.5) is 0 Å². The average molecular weight is 368 g/mol. The number of ketones is 1. The third-order valence-electron chi connectivity index (χ3n) is 5.18. The number of rotatable bonds is 3. The van der Waals surface area contributed by atoms with Gasteiger partial charge in [-0.05, 0) is 55.5 Å². The predicted octanol–water partition coefficient (Wildman–Crippen LogP) is 3.87. The normalized spacial score (nSPS) is 19.2. The highest BCUT2D eigenvalue weighted by atomic mass is 32.2. The van der Waals surface area contributed by atoms with E-state index in [1.807, 2.05) is 30.3 Å². The first-order chi connectivity index (χ1) is 12.4. The van der Waals surface area contributed by atoms with E-state index >= 15 is 0 Å². The minimum Gasteiger partial charge on any atom is -0.478 e. The van der Waals surface area contributed by atoms with Gasteiger partial charge in [-0.25, -0.2) is 8.42 Å². The first-order valence-electron chi connectivity index (χ1n) is 8.75. The Hall–Kier alpha value is -2.40. The van der Waals surface area contributed by atoms with Gasteiger partial charge < -0.3 is 4.74 Å². The van der Waals surface area contributed by atoms with Gasteiger partial charge in [0, 0.05) is 11.8 Å². The van der Waals surface area contributed by atoms with Crippen LogP contribution in [0, 0.1) is 0 Å². The number of hydrogen-bond donors (Lipinski definition) is 0. The minimum atomic E-state index is -3.27. The van der Waals surface area contributed by atoms with Crippen LogP contribution in [0.3, 0.4) is 0 Å². The van der Waals surface area contributed by atoms with Crippen molar-refractivity contribution >= 4 is 27.0 Å². The lowest BCUT2D eigenvalue weighted by atomic mass is 9.89. The van der Waals surface area contributed by atoms with Gasteiger partial charge in [-0.2, -0.15) is 0 Å². The van der Waals surface area contributed by atoms with E-state index in [0.29, 0.717) is 11.3 Å². The second-order valence-corrected chi connectivity index (χ2v) is 9.02. The lowest BCUT2D eigenvalue weighted by molar-refractivity contribution is -0.127. The van der Waals surface area contributed by atoms with Crippen LogP contribution < -0.4 is 0 Å². The number of ether oxygens (including phenoxy) is 1. The van der Waals surface area contributed by atoms with E-state index in [4.69, 9.17) is 4.74 Å². The molecule has 4 nitrogen and oxygen atoms in total. The standard InChI is InChI=1S/C21H20O4S/c1-26(23,24)17-11-9-16(10-12-17)19-18(15-7-3-2-4-8-15)20(22)21(25-19)13-5-6-14-21/h2-4,7-12H,5-6,13-14H2,1H3. The summed E-state index contributed by atoms with van der Waals surface area (Å²) in [5.41, 5.74) is 1.41. The molecule has 0 unspecified atom stereocenters. The van der Waals surface area contributed by atoms with Crippen molar-refractivity contribution < 1.29 is 17.9 Å². The Balaban J connectivity index is 1.84. The Morgan fingerprint density at radius 1 is 0.885 bits per heavy atom. The molecule has 2 aromatic rings. The molecule has 1 aliphatic carbocycles. The predicted molar refractivity (Wildman–Crippen MR) is 100 cm³/mol. The molecule has 0 atom stereocenters. The van der Waals surface area contributed by atoms with Gasteiger partial charge in [-0.3, -0.25) is 4.79 Å². The minimum absolute atomic E-state index is 0.0448. The molecular formula is C21H20O4S. The van der Waals surface area contributed by atoms with E-state index in [1.54, 1.807) is 24.3 Å². The molecule has 0 N–H and O–H groups in total. The summed E-state index contributed by atoms with van der Waals surface area (Å²) < 4.78 is 29.7. The smallest absolute Gasteiger partial charge is 0.210 e. The first-order valence-corrected chi connectivity index (χ1v) is 10.6. The number of carbonyl (C=O) groups is 1. The monoisotopic (exact) mass is 368 g/mol. The highest BCUT2D eigenvalue weighted by Gasteiger charge is 2.51. The largest absolute Gasteiger partial charge is 0.478 e. The lowest BCUT2D eigenvalue weighted by Crippen LogP contribution is -2.33. The summed E-state index contributed by atoms with van der Waals surface area (Å²) in [6.45, 7) is 0. The molecular weight excluding hydrogens is 348 g/mol. The maximum atomic E-state index is 13.3. The van der Waals surface area contributed by atoms with Gasteiger partial charge in [0.05, 0.1) is 10.5 Å². The zero-order valence-corrected chi connectivity index (χ0v) is 15.4. The van der Waals surface area contributed by atoms with Crippen molar-refractivity contribution in [2.24, 2.45) is 0 Å². The number of Topliss-reactive ketones (excluding diaryl/α,β-unsaturated/α-hetero) is 1. The zero-order valence-electron chi connectivity index (χ0n) is 14.6. The summed E-state index contributed by atoms with van der Waals surface area (Å²) in [4.78, 5) is 13.5. The maximum absolute atomic E-state index is 13.3. The number of hydrogen-bond acceptors (Lipinski definition) is 4. The van der Waals surface area contributed by atoms with E-state index < -0.39 is 15.4 Å². The van der Waals surface area contributed by atoms with Crippen molar-refractivity contribution in [2.75, 3.05) is 6.26 Å². The summed E-state index contributed by atoms with van der Waals surface area (Å²) in [5.74, 6) is 0.603. The van der Waals surface area contributed by atoms with Gasteiger partial charge >= 0.3 is 0 Å². The zero-order chi connectivity index (χ0) is 18.4. The van der Waals surface area contributed by atoms with Crippen molar-refractivity contribution in [2.45, 2.75) is 36.2 Å². The van der Waals surface area contributed by atoms with Crippen LogP contribution in [0.2, 0.25) is 0 Å². The second-order valence-electron chi connectivity index (χ2n) is 7.00. The number of sulfone groups is 1. The molecule has 4 rings (SSSR count). The molecule has 0 saturated heterocycles. The van der Waals surface area contributed by atoms with Crippen LogP contribution in [0.5, 0.6) is 0 Å². The highest BCUT2D eigenvalue weighted by molar-refractivity contribution is 7.90. The quantitative estimate of drug-likeness (QED) is 0.825. The summed E-state index contributed by atoms with van der Waals surface area (Å²) >= 11 is 0. The van der Waals surface area contributed by atoms with Gasteiger partial charge in [0.1, 0.15) is 5.76 Å². The first kappa shape index (κ1) is 17.0. The van der Waals surface area contributed by atoms with Crippen LogP contribution in [-0.2, 0) is 19.4 Å². The van der Waals surface area contributed by atoms with Gasteiger partial charge in [0.25, 0.3) is 0 Å². The molecule has 5 heteroatoms. The molecule has 1 saturated carbocycles. The Morgan fingerprint density at radius 3 is 2.08 bits per heavy atom. The van der Waals surface area contributed by atoms with Crippen LogP contribution in [0.25, 0.3) is 11.3 Å². The fraction of sp³-hybridized carbons (Fsp3) is 0.286. The Labute approximate surface area is 153 Å². The molecule has 134 valence electrons. The van der Waals surface area contributed by atoms with E-state index in [0.717, 1.165) is 36.8 Å². The molecule has 1 aliphatic heterocycles. The van der Waals surface area contributed by atoms with Crippen molar-refractivity contribution in [3.05, 3.63) is 65.7 Å². The summed E-state index contributed by atoms with van der Waals surface area (Å²) in [5, 5.41) is 0. The van der Waals surface area contributed by atoms with Crippen LogP contribution in [0.15, 0.2) is 59.5 Å². The second kappa shape index (κ2) is 6.09. The molecule has 1 heterocycles. The molecule has 2 aromatic carbocycles. The summed E-state index contributed by atoms with van der Waals surface area (Å²) in [6, 6.07) is 16.1. The summed E-state index contributed by atoms with van der Waals surface area (Å²) in [7, 11) is -3.27. The summed E-state index contributed by atoms with van der Waals surface area (Å²) in [6.07, 6.45) is 4.60.